The largest absolute Gasteiger partial charge is 0.377 e. The molecule has 1 saturated heterocycles. The van der Waals surface area contributed by atoms with Gasteiger partial charge in [0, 0.05) is 23.3 Å². The van der Waals surface area contributed by atoms with Gasteiger partial charge in [-0.05, 0) is 41.9 Å². The van der Waals surface area contributed by atoms with Gasteiger partial charge in [0.1, 0.15) is 11.7 Å². The normalized spacial score (nSPS) is 18.7. The first kappa shape index (κ1) is 15.9. The van der Waals surface area contributed by atoms with Gasteiger partial charge in [-0.2, -0.15) is 0 Å². The number of morpholine rings is 1. The van der Waals surface area contributed by atoms with Crippen LogP contribution in [-0.2, 0) is 9.53 Å². The predicted molar refractivity (Wildman–Crippen MR) is 80.9 cm³/mol. The quantitative estimate of drug-likeness (QED) is 0.884. The van der Waals surface area contributed by atoms with Crippen molar-refractivity contribution in [2.75, 3.05) is 19.8 Å². The maximum atomic E-state index is 12.6. The number of aromatic nitrogens is 1. The van der Waals surface area contributed by atoms with E-state index in [0.717, 1.165) is 0 Å². The fraction of sp³-hybridized carbons (Fsp3) is 0.500. The first-order valence-corrected chi connectivity index (χ1v) is 7.59. The number of hydrogen-bond donors (Lipinski definition) is 1. The average Bonchev–Trinajstić information content (AvgIpc) is 2.46. The summed E-state index contributed by atoms with van der Waals surface area (Å²) in [5.41, 5.74) is 0.307. The van der Waals surface area contributed by atoms with E-state index < -0.39 is 6.04 Å². The molecule has 2 heterocycles. The summed E-state index contributed by atoms with van der Waals surface area (Å²) >= 11 is 3.32. The van der Waals surface area contributed by atoms with Crippen molar-refractivity contribution in [3.05, 3.63) is 28.5 Å². The molecule has 21 heavy (non-hydrogen) atoms. The summed E-state index contributed by atoms with van der Waals surface area (Å²) in [5, 5.41) is 2.82. The number of halogens is 1. The molecule has 2 rings (SSSR count). The molecule has 0 bridgehead atoms. The van der Waals surface area contributed by atoms with Crippen LogP contribution in [0.3, 0.4) is 0 Å². The van der Waals surface area contributed by atoms with Crippen molar-refractivity contribution in [2.24, 2.45) is 0 Å². The van der Waals surface area contributed by atoms with Crippen molar-refractivity contribution >= 4 is 27.7 Å². The van der Waals surface area contributed by atoms with Gasteiger partial charge in [0.25, 0.3) is 5.91 Å². The highest BCUT2D eigenvalue weighted by atomic mass is 79.9. The summed E-state index contributed by atoms with van der Waals surface area (Å²) in [5.74, 6) is -0.472. The topological polar surface area (TPSA) is 71.5 Å². The van der Waals surface area contributed by atoms with Crippen molar-refractivity contribution in [3.63, 3.8) is 0 Å². The maximum Gasteiger partial charge on any atom is 0.274 e. The van der Waals surface area contributed by atoms with E-state index in [1.165, 1.54) is 4.90 Å². The van der Waals surface area contributed by atoms with Crippen LogP contribution in [0.25, 0.3) is 0 Å². The molecule has 0 saturated carbocycles. The van der Waals surface area contributed by atoms with Gasteiger partial charge in [0.2, 0.25) is 5.91 Å². The summed E-state index contributed by atoms with van der Waals surface area (Å²) in [6, 6.07) is 2.88. The third-order valence-electron chi connectivity index (χ3n) is 3.08. The molecule has 6 nitrogen and oxygen atoms in total. The zero-order valence-corrected chi connectivity index (χ0v) is 13.6. The standard InChI is InChI=1S/C14H18BrN3O3/c1-9(2)17-13(19)11-8-21-7-6-18(11)14(20)12-10(15)4-3-5-16-12/h3-5,9,11H,6-8H2,1-2H3,(H,17,19). The number of hydrogen-bond acceptors (Lipinski definition) is 4. The Balaban J connectivity index is 2.20. The van der Waals surface area contributed by atoms with Crippen LogP contribution >= 0.6 is 15.9 Å². The monoisotopic (exact) mass is 355 g/mol. The molecule has 0 spiro atoms. The number of nitrogens with one attached hydrogen (secondary N) is 1. The summed E-state index contributed by atoms with van der Waals surface area (Å²) in [6.07, 6.45) is 1.56. The van der Waals surface area contributed by atoms with Crippen LogP contribution < -0.4 is 5.32 Å². The number of carbonyl (C=O) groups excluding carboxylic acids is 2. The molecule has 7 heteroatoms. The van der Waals surface area contributed by atoms with Gasteiger partial charge < -0.3 is 15.0 Å². The molecule has 0 radical (unpaired) electrons. The van der Waals surface area contributed by atoms with E-state index in [0.29, 0.717) is 23.3 Å². The van der Waals surface area contributed by atoms with Crippen LogP contribution in [0.4, 0.5) is 0 Å². The highest BCUT2D eigenvalue weighted by Crippen LogP contribution is 2.18. The van der Waals surface area contributed by atoms with Gasteiger partial charge in [0.05, 0.1) is 13.2 Å². The lowest BCUT2D eigenvalue weighted by atomic mass is 10.1. The number of amides is 2. The Labute approximate surface area is 132 Å². The lowest BCUT2D eigenvalue weighted by Gasteiger charge is -2.34. The lowest BCUT2D eigenvalue weighted by Crippen LogP contribution is -2.56. The van der Waals surface area contributed by atoms with Gasteiger partial charge in [-0.3, -0.25) is 9.59 Å². The molecule has 1 aliphatic heterocycles. The van der Waals surface area contributed by atoms with Crippen molar-refractivity contribution in [1.82, 2.24) is 15.2 Å². The summed E-state index contributed by atoms with van der Waals surface area (Å²) in [7, 11) is 0. The van der Waals surface area contributed by atoms with Crippen LogP contribution in [0.5, 0.6) is 0 Å². The van der Waals surface area contributed by atoms with E-state index in [1.807, 2.05) is 13.8 Å². The number of rotatable bonds is 3. The molecule has 1 fully saturated rings. The molecule has 114 valence electrons. The molecule has 0 aromatic carbocycles. The molecule has 1 aromatic heterocycles. The van der Waals surface area contributed by atoms with E-state index in [1.54, 1.807) is 18.3 Å². The van der Waals surface area contributed by atoms with Gasteiger partial charge in [0.15, 0.2) is 0 Å². The SMILES string of the molecule is CC(C)NC(=O)C1COCCN1C(=O)c1ncccc1Br. The Morgan fingerprint density at radius 2 is 2.29 bits per heavy atom. The van der Waals surface area contributed by atoms with E-state index in [9.17, 15) is 9.59 Å². The minimum Gasteiger partial charge on any atom is -0.377 e. The highest BCUT2D eigenvalue weighted by molar-refractivity contribution is 9.10. The van der Waals surface area contributed by atoms with Crippen molar-refractivity contribution in [2.45, 2.75) is 25.9 Å². The molecule has 1 aromatic rings. The summed E-state index contributed by atoms with van der Waals surface area (Å²) in [4.78, 5) is 30.5. The minimum absolute atomic E-state index is 0.0120. The Hall–Kier alpha value is -1.47. The van der Waals surface area contributed by atoms with Gasteiger partial charge in [-0.1, -0.05) is 0 Å². The number of ether oxygens (including phenoxy) is 1. The molecular formula is C14H18BrN3O3. The Morgan fingerprint density at radius 3 is 2.95 bits per heavy atom. The van der Waals surface area contributed by atoms with Gasteiger partial charge >= 0.3 is 0 Å². The maximum absolute atomic E-state index is 12.6. The molecule has 2 amide bonds. The van der Waals surface area contributed by atoms with Crippen LogP contribution in [0, 0.1) is 0 Å². The second kappa shape index (κ2) is 7.00. The molecule has 1 N–H and O–H groups in total. The Bertz CT molecular complexity index is 536. The fourth-order valence-corrected chi connectivity index (χ4v) is 2.55. The number of carbonyl (C=O) groups is 2. The molecule has 1 aliphatic rings. The van der Waals surface area contributed by atoms with Crippen LogP contribution in [0.15, 0.2) is 22.8 Å². The third-order valence-corrected chi connectivity index (χ3v) is 3.72. The average molecular weight is 356 g/mol. The second-order valence-electron chi connectivity index (χ2n) is 5.09. The Morgan fingerprint density at radius 1 is 1.52 bits per heavy atom. The Kier molecular flexibility index (Phi) is 5.30. The van der Waals surface area contributed by atoms with Crippen molar-refractivity contribution in [3.8, 4) is 0 Å². The van der Waals surface area contributed by atoms with Crippen LogP contribution in [-0.4, -0.2) is 53.5 Å². The van der Waals surface area contributed by atoms with Gasteiger partial charge in [-0.25, -0.2) is 4.98 Å². The first-order valence-electron chi connectivity index (χ1n) is 6.80. The fourth-order valence-electron chi connectivity index (χ4n) is 2.12. The lowest BCUT2D eigenvalue weighted by molar-refractivity contribution is -0.131. The third kappa shape index (κ3) is 3.79. The zero-order valence-electron chi connectivity index (χ0n) is 12.0. The molecular weight excluding hydrogens is 338 g/mol. The highest BCUT2D eigenvalue weighted by Gasteiger charge is 2.34. The van der Waals surface area contributed by atoms with Crippen molar-refractivity contribution in [1.29, 1.82) is 0 Å². The summed E-state index contributed by atoms with van der Waals surface area (Å²) < 4.78 is 5.96. The smallest absolute Gasteiger partial charge is 0.274 e. The zero-order chi connectivity index (χ0) is 15.4. The summed E-state index contributed by atoms with van der Waals surface area (Å²) in [6.45, 7) is 4.75. The number of pyridine rings is 1. The minimum atomic E-state index is -0.623. The number of nitrogens with zero attached hydrogens (tertiary/aromatic N) is 2. The van der Waals surface area contributed by atoms with E-state index in [2.05, 4.69) is 26.2 Å². The van der Waals surface area contributed by atoms with Crippen LogP contribution in [0.1, 0.15) is 24.3 Å². The van der Waals surface area contributed by atoms with Gasteiger partial charge in [-0.15, -0.1) is 0 Å². The second-order valence-corrected chi connectivity index (χ2v) is 5.94. The van der Waals surface area contributed by atoms with E-state index in [4.69, 9.17) is 4.74 Å². The molecule has 0 aliphatic carbocycles. The van der Waals surface area contributed by atoms with Crippen molar-refractivity contribution < 1.29 is 14.3 Å². The van der Waals surface area contributed by atoms with E-state index >= 15 is 0 Å². The molecule has 1 unspecified atom stereocenters. The predicted octanol–water partition coefficient (Wildman–Crippen LogP) is 1.21. The molecule has 1 atom stereocenters. The van der Waals surface area contributed by atoms with Crippen LogP contribution in [0.2, 0.25) is 0 Å². The van der Waals surface area contributed by atoms with E-state index in [-0.39, 0.29) is 24.5 Å². The first-order chi connectivity index (χ1) is 10.0.